The monoisotopic (exact) mass is 479 g/mol. The van der Waals surface area contributed by atoms with Crippen molar-refractivity contribution in [2.45, 2.75) is 32.6 Å². The van der Waals surface area contributed by atoms with Crippen molar-refractivity contribution in [1.29, 1.82) is 0 Å². The molecule has 2 aromatic carbocycles. The zero-order valence-corrected chi connectivity index (χ0v) is 19.4. The lowest BCUT2D eigenvalue weighted by Crippen LogP contribution is -2.26. The van der Waals surface area contributed by atoms with Gasteiger partial charge in [0.05, 0.1) is 11.3 Å². The second-order valence-corrected chi connectivity index (χ2v) is 8.89. The molecule has 3 heterocycles. The maximum absolute atomic E-state index is 14.8. The molecule has 0 unspecified atom stereocenters. The number of piperidine rings is 1. The Balaban J connectivity index is 1.70. The molecule has 4 aromatic rings. The lowest BCUT2D eigenvalue weighted by molar-refractivity contribution is 0.378. The summed E-state index contributed by atoms with van der Waals surface area (Å²) in [7, 11) is 0. The van der Waals surface area contributed by atoms with Crippen LogP contribution in [0, 0.1) is 31.3 Å². The predicted molar refractivity (Wildman–Crippen MR) is 127 cm³/mol. The summed E-state index contributed by atoms with van der Waals surface area (Å²) < 4.78 is 49.8. The first kappa shape index (κ1) is 23.1. The van der Waals surface area contributed by atoms with Crippen LogP contribution in [0.15, 0.2) is 57.9 Å². The van der Waals surface area contributed by atoms with E-state index >= 15 is 0 Å². The SMILES string of the molecule is Cc1cc(F)cc(C)c1-n1cc(-c2nc(C3CCNCC3)oc2-c2ccc(F)cc2F)ccc1=O. The van der Waals surface area contributed by atoms with Gasteiger partial charge >= 0.3 is 0 Å². The quantitative estimate of drug-likeness (QED) is 0.410. The summed E-state index contributed by atoms with van der Waals surface area (Å²) in [4.78, 5) is 17.5. The summed E-state index contributed by atoms with van der Waals surface area (Å²) >= 11 is 0. The number of nitrogens with zero attached hydrogens (tertiary/aromatic N) is 2. The van der Waals surface area contributed by atoms with Crippen LogP contribution in [0.3, 0.4) is 0 Å². The number of hydrogen-bond acceptors (Lipinski definition) is 4. The highest BCUT2D eigenvalue weighted by molar-refractivity contribution is 5.77. The second-order valence-electron chi connectivity index (χ2n) is 8.89. The van der Waals surface area contributed by atoms with Crippen LogP contribution in [0.25, 0.3) is 28.3 Å². The van der Waals surface area contributed by atoms with Crippen LogP contribution in [0.4, 0.5) is 13.2 Å². The van der Waals surface area contributed by atoms with E-state index in [2.05, 4.69) is 5.32 Å². The molecule has 0 saturated carbocycles. The zero-order valence-electron chi connectivity index (χ0n) is 19.4. The highest BCUT2D eigenvalue weighted by atomic mass is 19.1. The Hall–Kier alpha value is -3.65. The van der Waals surface area contributed by atoms with Crippen molar-refractivity contribution in [3.05, 3.63) is 93.5 Å². The fraction of sp³-hybridized carbons (Fsp3) is 0.259. The van der Waals surface area contributed by atoms with Crippen molar-refractivity contribution in [2.75, 3.05) is 13.1 Å². The number of oxazole rings is 1. The van der Waals surface area contributed by atoms with Crippen LogP contribution in [-0.4, -0.2) is 22.6 Å². The third-order valence-corrected chi connectivity index (χ3v) is 6.39. The van der Waals surface area contributed by atoms with Gasteiger partial charge in [0.1, 0.15) is 23.1 Å². The number of pyridine rings is 1. The Morgan fingerprint density at radius 1 is 0.971 bits per heavy atom. The van der Waals surface area contributed by atoms with E-state index in [9.17, 15) is 18.0 Å². The first-order valence-electron chi connectivity index (χ1n) is 11.5. The van der Waals surface area contributed by atoms with Crippen molar-refractivity contribution in [2.24, 2.45) is 0 Å². The van der Waals surface area contributed by atoms with Crippen LogP contribution < -0.4 is 10.9 Å². The standard InChI is InChI=1S/C27H24F3N3O2/c1-15-11-20(29)12-16(2)25(15)33-14-18(3-6-23(33)34)24-26(21-5-4-19(28)13-22(21)30)35-27(32-24)17-7-9-31-10-8-17/h3-6,11-14,17,31H,7-10H2,1-2H3. The van der Waals surface area contributed by atoms with E-state index in [1.807, 2.05) is 0 Å². The zero-order chi connectivity index (χ0) is 24.7. The van der Waals surface area contributed by atoms with Crippen LogP contribution in [0.1, 0.15) is 35.8 Å². The van der Waals surface area contributed by atoms with E-state index in [1.165, 1.54) is 34.9 Å². The lowest BCUT2D eigenvalue weighted by Gasteiger charge is -2.19. The minimum atomic E-state index is -0.766. The maximum Gasteiger partial charge on any atom is 0.255 e. The third kappa shape index (κ3) is 4.41. The van der Waals surface area contributed by atoms with Gasteiger partial charge in [-0.25, -0.2) is 18.2 Å². The molecule has 180 valence electrons. The van der Waals surface area contributed by atoms with Crippen LogP contribution in [0.5, 0.6) is 0 Å². The molecular weight excluding hydrogens is 455 g/mol. The van der Waals surface area contributed by atoms with Gasteiger partial charge in [0.2, 0.25) is 0 Å². The van der Waals surface area contributed by atoms with Crippen LogP contribution in [-0.2, 0) is 0 Å². The topological polar surface area (TPSA) is 60.1 Å². The van der Waals surface area contributed by atoms with Crippen LogP contribution >= 0.6 is 0 Å². The van der Waals surface area contributed by atoms with E-state index in [0.717, 1.165) is 32.0 Å². The van der Waals surface area contributed by atoms with Gasteiger partial charge in [0.15, 0.2) is 11.7 Å². The highest BCUT2D eigenvalue weighted by Crippen LogP contribution is 2.38. The van der Waals surface area contributed by atoms with Gasteiger partial charge in [-0.05, 0) is 81.2 Å². The molecule has 1 aliphatic heterocycles. The fourth-order valence-corrected chi connectivity index (χ4v) is 4.72. The molecule has 5 nitrogen and oxygen atoms in total. The Morgan fingerprint density at radius 2 is 1.69 bits per heavy atom. The summed E-state index contributed by atoms with van der Waals surface area (Å²) in [5.74, 6) is -1.13. The molecule has 1 fully saturated rings. The molecule has 0 amide bonds. The van der Waals surface area contributed by atoms with Gasteiger partial charge in [-0.1, -0.05) is 0 Å². The average molecular weight is 480 g/mol. The average Bonchev–Trinajstić information content (AvgIpc) is 3.25. The summed E-state index contributed by atoms with van der Waals surface area (Å²) in [6.07, 6.45) is 3.24. The first-order valence-corrected chi connectivity index (χ1v) is 11.5. The number of aryl methyl sites for hydroxylation is 2. The molecule has 0 spiro atoms. The van der Waals surface area contributed by atoms with E-state index in [-0.39, 0.29) is 28.6 Å². The van der Waals surface area contributed by atoms with Gasteiger partial charge in [0.25, 0.3) is 5.56 Å². The molecule has 0 atom stereocenters. The first-order chi connectivity index (χ1) is 16.8. The Kier molecular flexibility index (Phi) is 6.06. The molecule has 1 saturated heterocycles. The summed E-state index contributed by atoms with van der Waals surface area (Å²) in [5, 5.41) is 3.30. The van der Waals surface area contributed by atoms with E-state index in [4.69, 9.17) is 9.40 Å². The summed E-state index contributed by atoms with van der Waals surface area (Å²) in [5.41, 5.74) is 2.42. The van der Waals surface area contributed by atoms with Crippen molar-refractivity contribution < 1.29 is 17.6 Å². The molecule has 0 bridgehead atoms. The molecule has 8 heteroatoms. The van der Waals surface area contributed by atoms with Crippen molar-refractivity contribution in [3.8, 4) is 28.3 Å². The van der Waals surface area contributed by atoms with Gasteiger partial charge in [-0.2, -0.15) is 0 Å². The molecular formula is C27H24F3N3O2. The predicted octanol–water partition coefficient (Wildman–Crippen LogP) is 5.66. The van der Waals surface area contributed by atoms with Gasteiger partial charge < -0.3 is 9.73 Å². The lowest BCUT2D eigenvalue weighted by atomic mass is 9.98. The van der Waals surface area contributed by atoms with E-state index in [1.54, 1.807) is 26.1 Å². The van der Waals surface area contributed by atoms with Gasteiger partial charge in [-0.15, -0.1) is 0 Å². The number of hydrogen-bond donors (Lipinski definition) is 1. The molecule has 0 radical (unpaired) electrons. The molecule has 1 aliphatic rings. The third-order valence-electron chi connectivity index (χ3n) is 6.39. The number of nitrogens with one attached hydrogen (secondary N) is 1. The van der Waals surface area contributed by atoms with E-state index in [0.29, 0.717) is 34.0 Å². The Bertz CT molecular complexity index is 1450. The van der Waals surface area contributed by atoms with Gasteiger partial charge in [-0.3, -0.25) is 9.36 Å². The molecule has 1 N–H and O–H groups in total. The minimum Gasteiger partial charge on any atom is -0.440 e. The van der Waals surface area contributed by atoms with Crippen LogP contribution in [0.2, 0.25) is 0 Å². The number of benzene rings is 2. The molecule has 0 aliphatic carbocycles. The highest BCUT2D eigenvalue weighted by Gasteiger charge is 2.26. The maximum atomic E-state index is 14.8. The van der Waals surface area contributed by atoms with Gasteiger partial charge in [0, 0.05) is 29.8 Å². The van der Waals surface area contributed by atoms with Crippen molar-refractivity contribution in [1.82, 2.24) is 14.9 Å². The number of aromatic nitrogens is 2. The smallest absolute Gasteiger partial charge is 0.255 e. The fourth-order valence-electron chi connectivity index (χ4n) is 4.72. The Labute approximate surface area is 200 Å². The minimum absolute atomic E-state index is 0.0553. The largest absolute Gasteiger partial charge is 0.440 e. The van der Waals surface area contributed by atoms with Crippen molar-refractivity contribution >= 4 is 0 Å². The summed E-state index contributed by atoms with van der Waals surface area (Å²) in [6.45, 7) is 5.09. The Morgan fingerprint density at radius 3 is 2.37 bits per heavy atom. The molecule has 2 aromatic heterocycles. The van der Waals surface area contributed by atoms with Crippen molar-refractivity contribution in [3.63, 3.8) is 0 Å². The second kappa shape index (κ2) is 9.19. The molecule has 5 rings (SSSR count). The van der Waals surface area contributed by atoms with E-state index < -0.39 is 11.6 Å². The molecule has 35 heavy (non-hydrogen) atoms. The number of halogens is 3. The number of rotatable bonds is 4. The normalized spacial score (nSPS) is 14.4. The summed E-state index contributed by atoms with van der Waals surface area (Å²) in [6, 6.07) is 9.02.